The zero-order valence-corrected chi connectivity index (χ0v) is 19.1. The number of hydrogen-bond acceptors (Lipinski definition) is 11. The molecule has 0 amide bonds. The van der Waals surface area contributed by atoms with Crippen molar-refractivity contribution in [3.63, 3.8) is 0 Å². The average Bonchev–Trinajstić information content (AvgIpc) is 3.25. The Balaban J connectivity index is 2.03. The van der Waals surface area contributed by atoms with E-state index in [1.165, 1.54) is 18.5 Å². The van der Waals surface area contributed by atoms with Gasteiger partial charge in [-0.25, -0.2) is 4.68 Å². The second-order valence-corrected chi connectivity index (χ2v) is 7.54. The maximum absolute atomic E-state index is 11.9. The average molecular weight is 475 g/mol. The smallest absolute Gasteiger partial charge is 0.303 e. The summed E-state index contributed by atoms with van der Waals surface area (Å²) < 4.78 is 28.6. The van der Waals surface area contributed by atoms with E-state index in [-0.39, 0.29) is 6.61 Å². The Morgan fingerprint density at radius 1 is 0.853 bits per heavy atom. The molecule has 12 heteroatoms. The van der Waals surface area contributed by atoms with Crippen LogP contribution in [0.15, 0.2) is 36.5 Å². The molecule has 1 saturated heterocycles. The Morgan fingerprint density at radius 2 is 1.44 bits per heavy atom. The van der Waals surface area contributed by atoms with E-state index in [1.54, 1.807) is 6.20 Å². The first-order chi connectivity index (χ1) is 16.2. The van der Waals surface area contributed by atoms with E-state index in [0.29, 0.717) is 5.69 Å². The molecule has 182 valence electrons. The molecule has 0 bridgehead atoms. The van der Waals surface area contributed by atoms with Crippen molar-refractivity contribution in [2.24, 2.45) is 0 Å². The molecule has 1 aromatic heterocycles. The predicted octanol–water partition coefficient (Wildman–Crippen LogP) is 1.20. The summed E-state index contributed by atoms with van der Waals surface area (Å²) in [5.41, 5.74) is 1.29. The SMILES string of the molecule is CC(=O)OC[C@H]1OC(n2cc(-c3ccccc3)nn2)[C@H](OC(C)=O)[C@@H](OC(C)=O)[C@@H]1OC(C)=O. The second kappa shape index (κ2) is 10.9. The molecule has 0 saturated carbocycles. The maximum atomic E-state index is 11.9. The van der Waals surface area contributed by atoms with Crippen molar-refractivity contribution in [1.29, 1.82) is 0 Å². The molecule has 34 heavy (non-hydrogen) atoms. The van der Waals surface area contributed by atoms with Gasteiger partial charge >= 0.3 is 23.9 Å². The van der Waals surface area contributed by atoms with Crippen molar-refractivity contribution in [1.82, 2.24) is 15.0 Å². The van der Waals surface area contributed by atoms with Crippen molar-refractivity contribution in [3.05, 3.63) is 36.5 Å². The molecule has 2 aromatic rings. The first kappa shape index (κ1) is 24.8. The molecule has 1 aliphatic rings. The van der Waals surface area contributed by atoms with Gasteiger partial charge in [-0.2, -0.15) is 0 Å². The van der Waals surface area contributed by atoms with Crippen molar-refractivity contribution in [2.45, 2.75) is 58.3 Å². The van der Waals surface area contributed by atoms with Gasteiger partial charge in [-0.1, -0.05) is 35.5 Å². The molecule has 3 rings (SSSR count). The first-order valence-electron chi connectivity index (χ1n) is 10.4. The lowest BCUT2D eigenvalue weighted by Crippen LogP contribution is -2.60. The standard InChI is InChI=1S/C22H25N3O9/c1-12(26)30-11-18-19(31-13(2)27)20(32-14(3)28)21(33-15(4)29)22(34-18)25-10-17(23-24-25)16-8-6-5-7-9-16/h5-10,18-22H,11H2,1-4H3/t18-,19-,20+,21-,22?/m1/s1. The fourth-order valence-corrected chi connectivity index (χ4v) is 3.56. The Kier molecular flexibility index (Phi) is 7.95. The van der Waals surface area contributed by atoms with E-state index in [9.17, 15) is 19.2 Å². The van der Waals surface area contributed by atoms with Gasteiger partial charge in [-0.3, -0.25) is 19.2 Å². The van der Waals surface area contributed by atoms with Gasteiger partial charge in [0, 0.05) is 33.3 Å². The third kappa shape index (κ3) is 6.16. The van der Waals surface area contributed by atoms with E-state index in [0.717, 1.165) is 19.4 Å². The Bertz CT molecular complexity index is 1040. The minimum atomic E-state index is -1.28. The molecule has 0 aliphatic carbocycles. The minimum absolute atomic E-state index is 0.325. The van der Waals surface area contributed by atoms with E-state index < -0.39 is 54.5 Å². The highest BCUT2D eigenvalue weighted by molar-refractivity contribution is 5.68. The molecule has 12 nitrogen and oxygen atoms in total. The lowest BCUT2D eigenvalue weighted by molar-refractivity contribution is -0.270. The number of carbonyl (C=O) groups excluding carboxylic acids is 4. The van der Waals surface area contributed by atoms with E-state index in [4.69, 9.17) is 23.7 Å². The van der Waals surface area contributed by atoms with E-state index in [1.807, 2.05) is 30.3 Å². The maximum Gasteiger partial charge on any atom is 0.303 e. The van der Waals surface area contributed by atoms with E-state index >= 15 is 0 Å². The van der Waals surface area contributed by atoms with Crippen molar-refractivity contribution in [3.8, 4) is 11.3 Å². The van der Waals surface area contributed by atoms with Crippen LogP contribution in [0.2, 0.25) is 0 Å². The first-order valence-corrected chi connectivity index (χ1v) is 10.4. The number of hydrogen-bond donors (Lipinski definition) is 0. The molecule has 0 radical (unpaired) electrons. The Morgan fingerprint density at radius 3 is 2.03 bits per heavy atom. The summed E-state index contributed by atoms with van der Waals surface area (Å²) in [6, 6.07) is 9.20. The van der Waals surface area contributed by atoms with Crippen LogP contribution in [0.5, 0.6) is 0 Å². The summed E-state index contributed by atoms with van der Waals surface area (Å²) in [6.07, 6.45) is -4.43. The lowest BCUT2D eigenvalue weighted by atomic mass is 9.97. The van der Waals surface area contributed by atoms with Crippen LogP contribution in [-0.4, -0.2) is 69.9 Å². The number of benzene rings is 1. The summed E-state index contributed by atoms with van der Waals surface area (Å²) in [5, 5.41) is 8.24. The fraction of sp³-hybridized carbons (Fsp3) is 0.455. The summed E-state index contributed by atoms with van der Waals surface area (Å²) in [5.74, 6) is -2.71. The number of carbonyl (C=O) groups is 4. The minimum Gasteiger partial charge on any atom is -0.463 e. The molecule has 5 atom stereocenters. The van der Waals surface area contributed by atoms with Crippen LogP contribution in [0.4, 0.5) is 0 Å². The van der Waals surface area contributed by atoms with Gasteiger partial charge in [0.15, 0.2) is 24.5 Å². The number of esters is 4. The van der Waals surface area contributed by atoms with Crippen LogP contribution in [0.25, 0.3) is 11.3 Å². The highest BCUT2D eigenvalue weighted by atomic mass is 16.7. The predicted molar refractivity (Wildman–Crippen MR) is 113 cm³/mol. The summed E-state index contributed by atoms with van der Waals surface area (Å²) in [4.78, 5) is 47.1. The van der Waals surface area contributed by atoms with Gasteiger partial charge in [0.05, 0.1) is 6.20 Å². The van der Waals surface area contributed by atoms with Gasteiger partial charge in [0.1, 0.15) is 18.4 Å². The van der Waals surface area contributed by atoms with Crippen LogP contribution in [-0.2, 0) is 42.9 Å². The molecule has 1 fully saturated rings. The van der Waals surface area contributed by atoms with Crippen LogP contribution in [0.3, 0.4) is 0 Å². The van der Waals surface area contributed by atoms with Gasteiger partial charge < -0.3 is 23.7 Å². The van der Waals surface area contributed by atoms with Gasteiger partial charge in [-0.15, -0.1) is 5.10 Å². The van der Waals surface area contributed by atoms with Crippen LogP contribution in [0, 0.1) is 0 Å². The number of ether oxygens (including phenoxy) is 5. The molecule has 1 unspecified atom stereocenters. The zero-order valence-electron chi connectivity index (χ0n) is 19.1. The number of aromatic nitrogens is 3. The van der Waals surface area contributed by atoms with Crippen molar-refractivity contribution in [2.75, 3.05) is 6.61 Å². The molecule has 0 N–H and O–H groups in total. The molecule has 1 aliphatic heterocycles. The zero-order chi connectivity index (χ0) is 24.8. The van der Waals surface area contributed by atoms with Gasteiger partial charge in [0.2, 0.25) is 0 Å². The quantitative estimate of drug-likeness (QED) is 0.420. The summed E-state index contributed by atoms with van der Waals surface area (Å²) >= 11 is 0. The second-order valence-electron chi connectivity index (χ2n) is 7.54. The number of rotatable bonds is 7. The Labute approximate surface area is 195 Å². The fourth-order valence-electron chi connectivity index (χ4n) is 3.56. The van der Waals surface area contributed by atoms with Crippen LogP contribution < -0.4 is 0 Å². The molecule has 2 heterocycles. The third-order valence-corrected chi connectivity index (χ3v) is 4.81. The number of nitrogens with zero attached hydrogens (tertiary/aromatic N) is 3. The normalized spacial score (nSPS) is 24.1. The lowest BCUT2D eigenvalue weighted by Gasteiger charge is -2.44. The van der Waals surface area contributed by atoms with Crippen molar-refractivity contribution >= 4 is 23.9 Å². The van der Waals surface area contributed by atoms with Gasteiger partial charge in [0.25, 0.3) is 0 Å². The largest absolute Gasteiger partial charge is 0.463 e. The monoisotopic (exact) mass is 475 g/mol. The van der Waals surface area contributed by atoms with Crippen LogP contribution in [0.1, 0.15) is 33.9 Å². The molecular formula is C22H25N3O9. The highest BCUT2D eigenvalue weighted by Gasteiger charge is 2.53. The Hall–Kier alpha value is -3.80. The molecule has 1 aromatic carbocycles. The van der Waals surface area contributed by atoms with Crippen LogP contribution >= 0.6 is 0 Å². The summed E-state index contributed by atoms with van der Waals surface area (Å²) in [7, 11) is 0. The van der Waals surface area contributed by atoms with E-state index in [2.05, 4.69) is 10.3 Å². The molecular weight excluding hydrogens is 450 g/mol. The molecule has 0 spiro atoms. The topological polar surface area (TPSA) is 145 Å². The third-order valence-electron chi connectivity index (χ3n) is 4.81. The summed E-state index contributed by atoms with van der Waals surface area (Å²) in [6.45, 7) is 4.36. The highest BCUT2D eigenvalue weighted by Crippen LogP contribution is 2.35. The van der Waals surface area contributed by atoms with Gasteiger partial charge in [-0.05, 0) is 0 Å². The van der Waals surface area contributed by atoms with Crippen molar-refractivity contribution < 1.29 is 42.9 Å².